The van der Waals surface area contributed by atoms with E-state index in [1.165, 1.54) is 0 Å². The summed E-state index contributed by atoms with van der Waals surface area (Å²) in [5, 5.41) is 18.9. The molecule has 0 saturated heterocycles. The Labute approximate surface area is 101 Å². The van der Waals surface area contributed by atoms with E-state index in [4.69, 9.17) is 16.7 Å². The molecule has 86 valence electrons. The third-order valence-corrected chi connectivity index (χ3v) is 3.23. The maximum atomic E-state index is 9.36. The lowest BCUT2D eigenvalue weighted by molar-refractivity contribution is 0.270. The molecule has 0 aromatic heterocycles. The van der Waals surface area contributed by atoms with E-state index >= 15 is 0 Å². The van der Waals surface area contributed by atoms with Crippen LogP contribution in [0.3, 0.4) is 0 Å². The van der Waals surface area contributed by atoms with E-state index in [0.717, 1.165) is 12.0 Å². The highest BCUT2D eigenvalue weighted by atomic mass is 35.5. The van der Waals surface area contributed by atoms with E-state index < -0.39 is 5.41 Å². The summed E-state index contributed by atoms with van der Waals surface area (Å²) in [6.07, 6.45) is 2.06. The van der Waals surface area contributed by atoms with Gasteiger partial charge in [0, 0.05) is 11.6 Å². The van der Waals surface area contributed by atoms with Gasteiger partial charge in [-0.05, 0) is 37.0 Å². The van der Waals surface area contributed by atoms with Crippen molar-refractivity contribution in [3.05, 3.63) is 34.9 Å². The van der Waals surface area contributed by atoms with Crippen LogP contribution in [-0.4, -0.2) is 11.7 Å². The van der Waals surface area contributed by atoms with E-state index in [9.17, 15) is 5.26 Å². The average Bonchev–Trinajstić information content (AvgIpc) is 2.33. The Hall–Kier alpha value is -1.04. The first kappa shape index (κ1) is 13.0. The van der Waals surface area contributed by atoms with Crippen LogP contribution in [0.25, 0.3) is 0 Å². The van der Waals surface area contributed by atoms with Crippen molar-refractivity contribution in [3.8, 4) is 6.07 Å². The van der Waals surface area contributed by atoms with Crippen LogP contribution in [0.5, 0.6) is 0 Å². The molecule has 1 rings (SSSR count). The van der Waals surface area contributed by atoms with Crippen LogP contribution in [0.15, 0.2) is 24.3 Å². The van der Waals surface area contributed by atoms with Crippen molar-refractivity contribution in [2.24, 2.45) is 0 Å². The predicted octanol–water partition coefficient (Wildman–Crippen LogP) is 3.28. The largest absolute Gasteiger partial charge is 0.396 e. The Morgan fingerprint density at radius 3 is 2.44 bits per heavy atom. The highest BCUT2D eigenvalue weighted by Crippen LogP contribution is 2.32. The van der Waals surface area contributed by atoms with E-state index in [1.807, 2.05) is 19.1 Å². The van der Waals surface area contributed by atoms with Crippen molar-refractivity contribution in [2.75, 3.05) is 6.61 Å². The second kappa shape index (κ2) is 5.89. The van der Waals surface area contributed by atoms with E-state index in [2.05, 4.69) is 6.07 Å². The van der Waals surface area contributed by atoms with Crippen molar-refractivity contribution in [3.63, 3.8) is 0 Å². The second-order valence-electron chi connectivity index (χ2n) is 3.88. The van der Waals surface area contributed by atoms with E-state index in [1.54, 1.807) is 12.1 Å². The quantitative estimate of drug-likeness (QED) is 0.854. The molecule has 1 atom stereocenters. The lowest BCUT2D eigenvalue weighted by Gasteiger charge is -2.25. The van der Waals surface area contributed by atoms with E-state index in [-0.39, 0.29) is 6.61 Å². The van der Waals surface area contributed by atoms with Gasteiger partial charge >= 0.3 is 0 Å². The van der Waals surface area contributed by atoms with Gasteiger partial charge in [0.05, 0.1) is 11.5 Å². The van der Waals surface area contributed by atoms with Crippen LogP contribution in [0, 0.1) is 11.3 Å². The molecule has 1 aromatic rings. The maximum absolute atomic E-state index is 9.36. The zero-order valence-corrected chi connectivity index (χ0v) is 10.2. The van der Waals surface area contributed by atoms with Crippen LogP contribution in [0.1, 0.15) is 31.7 Å². The van der Waals surface area contributed by atoms with Gasteiger partial charge < -0.3 is 5.11 Å². The summed E-state index contributed by atoms with van der Waals surface area (Å²) in [6, 6.07) is 9.78. The van der Waals surface area contributed by atoms with Gasteiger partial charge in [-0.15, -0.1) is 0 Å². The second-order valence-corrected chi connectivity index (χ2v) is 4.32. The minimum absolute atomic E-state index is 0.122. The number of benzene rings is 1. The molecular formula is C13H16ClNO. The minimum Gasteiger partial charge on any atom is -0.396 e. The standard InChI is InChI=1S/C13H16ClNO/c1-2-13(10-15,8-3-9-16)11-4-6-12(14)7-5-11/h4-7,16H,2-3,8-9H2,1H3. The zero-order chi connectivity index (χ0) is 12.0. The number of hydrogen-bond acceptors (Lipinski definition) is 2. The SMILES string of the molecule is CCC(C#N)(CCCO)c1ccc(Cl)cc1. The lowest BCUT2D eigenvalue weighted by Crippen LogP contribution is -2.23. The first-order valence-electron chi connectivity index (χ1n) is 5.46. The smallest absolute Gasteiger partial charge is 0.0820 e. The molecule has 3 heteroatoms. The number of hydrogen-bond donors (Lipinski definition) is 1. The van der Waals surface area contributed by atoms with Gasteiger partial charge in [-0.3, -0.25) is 0 Å². The number of aliphatic hydroxyl groups excluding tert-OH is 1. The number of halogens is 1. The number of rotatable bonds is 5. The fraction of sp³-hybridized carbons (Fsp3) is 0.462. The third-order valence-electron chi connectivity index (χ3n) is 2.98. The van der Waals surface area contributed by atoms with Crippen molar-refractivity contribution in [2.45, 2.75) is 31.6 Å². The average molecular weight is 238 g/mol. The summed E-state index contributed by atoms with van der Waals surface area (Å²) in [5.74, 6) is 0. The van der Waals surface area contributed by atoms with Crippen LogP contribution < -0.4 is 0 Å². The van der Waals surface area contributed by atoms with Crippen molar-refractivity contribution >= 4 is 11.6 Å². The maximum Gasteiger partial charge on any atom is 0.0820 e. The van der Waals surface area contributed by atoms with Gasteiger partial charge in [0.25, 0.3) is 0 Å². The van der Waals surface area contributed by atoms with Crippen molar-refractivity contribution < 1.29 is 5.11 Å². The van der Waals surface area contributed by atoms with Gasteiger partial charge in [0.2, 0.25) is 0 Å². The summed E-state index contributed by atoms with van der Waals surface area (Å²) in [5.41, 5.74) is 0.489. The molecule has 16 heavy (non-hydrogen) atoms. The Bertz CT molecular complexity index is 369. The molecule has 0 fully saturated rings. The lowest BCUT2D eigenvalue weighted by atomic mass is 9.76. The third kappa shape index (κ3) is 2.75. The molecule has 0 amide bonds. The highest BCUT2D eigenvalue weighted by Gasteiger charge is 2.29. The Balaban J connectivity index is 3.01. The molecule has 0 saturated carbocycles. The molecule has 0 bridgehead atoms. The summed E-state index contributed by atoms with van der Waals surface area (Å²) < 4.78 is 0. The van der Waals surface area contributed by atoms with Crippen LogP contribution in [0.4, 0.5) is 0 Å². The molecule has 1 N–H and O–H groups in total. The monoisotopic (exact) mass is 237 g/mol. The molecule has 0 aliphatic rings. The molecule has 0 spiro atoms. The van der Waals surface area contributed by atoms with E-state index in [0.29, 0.717) is 17.9 Å². The molecule has 0 aliphatic heterocycles. The molecular weight excluding hydrogens is 222 g/mol. The van der Waals surface area contributed by atoms with Gasteiger partial charge in [-0.1, -0.05) is 30.7 Å². The molecule has 1 unspecified atom stereocenters. The molecule has 2 nitrogen and oxygen atoms in total. The normalized spacial score (nSPS) is 14.1. The zero-order valence-electron chi connectivity index (χ0n) is 9.41. The molecule has 0 radical (unpaired) electrons. The topological polar surface area (TPSA) is 44.0 Å². The van der Waals surface area contributed by atoms with Crippen LogP contribution in [-0.2, 0) is 5.41 Å². The fourth-order valence-corrected chi connectivity index (χ4v) is 2.00. The summed E-state index contributed by atoms with van der Waals surface area (Å²) in [4.78, 5) is 0. The molecule has 1 aromatic carbocycles. The first-order chi connectivity index (χ1) is 7.68. The number of aliphatic hydroxyl groups is 1. The van der Waals surface area contributed by atoms with Gasteiger partial charge in [0.1, 0.15) is 0 Å². The van der Waals surface area contributed by atoms with Crippen LogP contribution in [0.2, 0.25) is 5.02 Å². The predicted molar refractivity (Wildman–Crippen MR) is 65.4 cm³/mol. The van der Waals surface area contributed by atoms with Crippen molar-refractivity contribution in [1.29, 1.82) is 5.26 Å². The van der Waals surface area contributed by atoms with Gasteiger partial charge in [-0.25, -0.2) is 0 Å². The summed E-state index contributed by atoms with van der Waals surface area (Å²) >= 11 is 5.83. The Morgan fingerprint density at radius 2 is 2.00 bits per heavy atom. The van der Waals surface area contributed by atoms with Gasteiger partial charge in [-0.2, -0.15) is 5.26 Å². The number of nitriles is 1. The Morgan fingerprint density at radius 1 is 1.38 bits per heavy atom. The van der Waals surface area contributed by atoms with Crippen LogP contribution >= 0.6 is 11.6 Å². The highest BCUT2D eigenvalue weighted by molar-refractivity contribution is 6.30. The summed E-state index contributed by atoms with van der Waals surface area (Å²) in [6.45, 7) is 2.12. The number of nitrogens with zero attached hydrogens (tertiary/aromatic N) is 1. The first-order valence-corrected chi connectivity index (χ1v) is 5.84. The van der Waals surface area contributed by atoms with Gasteiger partial charge in [0.15, 0.2) is 0 Å². The Kier molecular flexibility index (Phi) is 4.79. The van der Waals surface area contributed by atoms with Crippen molar-refractivity contribution in [1.82, 2.24) is 0 Å². The minimum atomic E-state index is -0.493. The molecule has 0 aliphatic carbocycles. The fourth-order valence-electron chi connectivity index (χ4n) is 1.87. The summed E-state index contributed by atoms with van der Waals surface area (Å²) in [7, 11) is 0. The molecule has 0 heterocycles.